The molecule has 0 atom stereocenters. The average Bonchev–Trinajstić information content (AvgIpc) is 1.81. The molecule has 6 heteroatoms. The van der Waals surface area contributed by atoms with Gasteiger partial charge < -0.3 is 9.04 Å². The van der Waals surface area contributed by atoms with Gasteiger partial charge in [0.05, 0.1) is 27.2 Å². The molecule has 0 radical (unpaired) electrons. The molecule has 0 aromatic heterocycles. The number of nitrogens with two attached hydrogens (primary N) is 1. The molecule has 0 heterocycles. The summed E-state index contributed by atoms with van der Waals surface area (Å²) in [7, 11) is -0.104. The Morgan fingerprint density at radius 1 is 1.29 bits per heavy atom. The second kappa shape index (κ2) is 6.72. The Labute approximate surface area is 86.0 Å². The van der Waals surface area contributed by atoms with Crippen molar-refractivity contribution in [2.24, 2.45) is 5.14 Å². The lowest BCUT2D eigenvalue weighted by molar-refractivity contribution is -0.878. The molecule has 0 saturated heterocycles. The molecular weight excluding hydrogens is 204 g/mol. The molecular formula is C8H18N2O3S. The minimum Gasteiger partial charge on any atom is -0.736 e. The quantitative estimate of drug-likeness (QED) is 0.407. The van der Waals surface area contributed by atoms with E-state index in [-0.39, 0.29) is 0 Å². The number of hydrogen-bond donors (Lipinski definition) is 1. The maximum atomic E-state index is 8.85. The van der Waals surface area contributed by atoms with Crippen LogP contribution in [0.3, 0.4) is 0 Å². The van der Waals surface area contributed by atoms with Crippen LogP contribution in [-0.2, 0) is 10.3 Å². The first-order valence-electron chi connectivity index (χ1n) is 3.90. The van der Waals surface area contributed by atoms with Crippen LogP contribution in [-0.4, -0.2) is 44.6 Å². The Kier molecular flexibility index (Phi) is 7.57. The number of likely N-dealkylation sites (N-methyl/N-ethyl adjacent to an activating group) is 1. The van der Waals surface area contributed by atoms with Gasteiger partial charge in [-0.25, -0.2) is 13.6 Å². The van der Waals surface area contributed by atoms with Crippen LogP contribution in [0, 0.1) is 0 Å². The van der Waals surface area contributed by atoms with Crippen molar-refractivity contribution in [3.8, 4) is 0 Å². The van der Waals surface area contributed by atoms with E-state index in [1.807, 2.05) is 12.2 Å². The van der Waals surface area contributed by atoms with Crippen LogP contribution >= 0.6 is 0 Å². The van der Waals surface area contributed by atoms with Gasteiger partial charge in [0.15, 0.2) is 10.3 Å². The fourth-order valence-corrected chi connectivity index (χ4v) is 0.774. The predicted octanol–water partition coefficient (Wildman–Crippen LogP) is -0.160. The van der Waals surface area contributed by atoms with Crippen molar-refractivity contribution in [2.75, 3.05) is 27.2 Å². The summed E-state index contributed by atoms with van der Waals surface area (Å²) in [5.74, 6) is 0. The first kappa shape index (κ1) is 15.8. The zero-order valence-electron chi connectivity index (χ0n) is 8.64. The van der Waals surface area contributed by atoms with E-state index < -0.39 is 10.3 Å². The van der Waals surface area contributed by atoms with Gasteiger partial charge in [-0.1, -0.05) is 13.2 Å². The standard InChI is InChI=1S/C8H16N.H3NO3S/c1-5-7-9(3,4)8-6-2;1-5(2,3)4/h5-6H,1-2,7-8H2,3-4H3;(H3,1,2,3,4)/q+1;/p-1. The highest BCUT2D eigenvalue weighted by molar-refractivity contribution is 7.83. The molecule has 0 spiro atoms. The molecule has 0 aliphatic carbocycles. The largest absolute Gasteiger partial charge is 0.736 e. The first-order chi connectivity index (χ1) is 6.12. The molecule has 0 bridgehead atoms. The molecule has 84 valence electrons. The van der Waals surface area contributed by atoms with Gasteiger partial charge in [0.1, 0.15) is 0 Å². The van der Waals surface area contributed by atoms with Crippen molar-refractivity contribution >= 4 is 10.3 Å². The minimum absolute atomic E-state index is 0.951. The second-order valence-corrected chi connectivity index (χ2v) is 4.36. The van der Waals surface area contributed by atoms with Gasteiger partial charge in [-0.05, 0) is 12.2 Å². The van der Waals surface area contributed by atoms with Gasteiger partial charge in [-0.2, -0.15) is 0 Å². The van der Waals surface area contributed by atoms with Crippen LogP contribution in [0.15, 0.2) is 25.3 Å². The summed E-state index contributed by atoms with van der Waals surface area (Å²) in [6.07, 6.45) is 3.87. The maximum Gasteiger partial charge on any atom is 0.156 e. The molecule has 0 rings (SSSR count). The Bertz CT molecular complexity index is 250. The van der Waals surface area contributed by atoms with Gasteiger partial charge in [0.2, 0.25) is 0 Å². The molecule has 0 amide bonds. The number of rotatable bonds is 4. The Hall–Kier alpha value is -0.690. The van der Waals surface area contributed by atoms with Gasteiger partial charge in [-0.15, -0.1) is 0 Å². The molecule has 5 nitrogen and oxygen atoms in total. The van der Waals surface area contributed by atoms with Gasteiger partial charge >= 0.3 is 0 Å². The predicted molar refractivity (Wildman–Crippen MR) is 56.1 cm³/mol. The molecule has 0 saturated carbocycles. The summed E-state index contributed by atoms with van der Waals surface area (Å²) in [4.78, 5) is 0. The van der Waals surface area contributed by atoms with Crippen LogP contribution in [0.1, 0.15) is 0 Å². The summed E-state index contributed by atoms with van der Waals surface area (Å²) in [5.41, 5.74) is 0. The molecule has 0 aromatic rings. The second-order valence-electron chi connectivity index (χ2n) is 3.37. The highest BCUT2D eigenvalue weighted by atomic mass is 32.2. The SMILES string of the molecule is C=CC[N+](C)(C)CC=C.NS(=O)(=O)[O-]. The molecule has 14 heavy (non-hydrogen) atoms. The zero-order chi connectivity index (χ0) is 11.8. The van der Waals surface area contributed by atoms with Gasteiger partial charge in [0.25, 0.3) is 0 Å². The van der Waals surface area contributed by atoms with E-state index in [9.17, 15) is 0 Å². The van der Waals surface area contributed by atoms with E-state index >= 15 is 0 Å². The van der Waals surface area contributed by atoms with E-state index in [0.717, 1.165) is 17.6 Å². The van der Waals surface area contributed by atoms with Crippen molar-refractivity contribution in [3.63, 3.8) is 0 Å². The van der Waals surface area contributed by atoms with Crippen molar-refractivity contribution in [1.82, 2.24) is 0 Å². The van der Waals surface area contributed by atoms with Crippen molar-refractivity contribution in [1.29, 1.82) is 0 Å². The van der Waals surface area contributed by atoms with E-state index in [2.05, 4.69) is 32.4 Å². The first-order valence-corrected chi connectivity index (χ1v) is 5.37. The lowest BCUT2D eigenvalue weighted by Gasteiger charge is -2.26. The number of hydrogen-bond acceptors (Lipinski definition) is 3. The highest BCUT2D eigenvalue weighted by Crippen LogP contribution is 1.95. The Morgan fingerprint density at radius 2 is 1.50 bits per heavy atom. The smallest absolute Gasteiger partial charge is 0.156 e. The van der Waals surface area contributed by atoms with E-state index in [4.69, 9.17) is 13.0 Å². The number of quaternary nitrogens is 1. The third-order valence-electron chi connectivity index (χ3n) is 1.25. The van der Waals surface area contributed by atoms with Crippen LogP contribution in [0.25, 0.3) is 0 Å². The fraction of sp³-hybridized carbons (Fsp3) is 0.500. The topological polar surface area (TPSA) is 83.2 Å². The monoisotopic (exact) mass is 222 g/mol. The molecule has 0 fully saturated rings. The van der Waals surface area contributed by atoms with Gasteiger partial charge in [-0.3, -0.25) is 0 Å². The van der Waals surface area contributed by atoms with Crippen LogP contribution in [0.2, 0.25) is 0 Å². The van der Waals surface area contributed by atoms with Crippen molar-refractivity contribution in [2.45, 2.75) is 0 Å². The Morgan fingerprint density at radius 3 is 1.64 bits per heavy atom. The summed E-state index contributed by atoms with van der Waals surface area (Å²) < 4.78 is 27.5. The highest BCUT2D eigenvalue weighted by Gasteiger charge is 2.07. The fourth-order valence-electron chi connectivity index (χ4n) is 0.774. The van der Waals surface area contributed by atoms with E-state index in [0.29, 0.717) is 0 Å². The molecule has 0 unspecified atom stereocenters. The van der Waals surface area contributed by atoms with Crippen molar-refractivity contribution < 1.29 is 17.5 Å². The third-order valence-corrected chi connectivity index (χ3v) is 1.25. The Balaban J connectivity index is 0. The number of nitrogens with zero attached hydrogens (tertiary/aromatic N) is 1. The molecule has 0 aromatic carbocycles. The average molecular weight is 222 g/mol. The molecule has 0 aliphatic heterocycles. The summed E-state index contributed by atoms with van der Waals surface area (Å²) in [6.45, 7) is 9.37. The maximum absolute atomic E-state index is 8.85. The van der Waals surface area contributed by atoms with E-state index in [1.54, 1.807) is 0 Å². The summed E-state index contributed by atoms with van der Waals surface area (Å²) in [5, 5.41) is 3.77. The zero-order valence-corrected chi connectivity index (χ0v) is 9.46. The summed E-state index contributed by atoms with van der Waals surface area (Å²) >= 11 is 0. The molecule has 0 aliphatic rings. The molecule has 2 N–H and O–H groups in total. The third kappa shape index (κ3) is 22.5. The van der Waals surface area contributed by atoms with Crippen LogP contribution in [0.5, 0.6) is 0 Å². The lowest BCUT2D eigenvalue weighted by Crippen LogP contribution is -2.39. The summed E-state index contributed by atoms with van der Waals surface area (Å²) in [6, 6.07) is 0. The van der Waals surface area contributed by atoms with Gasteiger partial charge in [0, 0.05) is 0 Å². The van der Waals surface area contributed by atoms with E-state index in [1.165, 1.54) is 0 Å². The minimum atomic E-state index is -4.42. The normalized spacial score (nSPS) is 11.1. The van der Waals surface area contributed by atoms with Crippen LogP contribution < -0.4 is 5.14 Å². The van der Waals surface area contributed by atoms with Crippen molar-refractivity contribution in [3.05, 3.63) is 25.3 Å². The van der Waals surface area contributed by atoms with Crippen LogP contribution in [0.4, 0.5) is 0 Å². The lowest BCUT2D eigenvalue weighted by atomic mass is 10.4.